The van der Waals surface area contributed by atoms with E-state index in [1.807, 2.05) is 18.3 Å². The normalized spacial score (nSPS) is 24.8. The van der Waals surface area contributed by atoms with E-state index in [0.717, 1.165) is 72.4 Å². The monoisotopic (exact) mass is 560 g/mol. The van der Waals surface area contributed by atoms with Crippen LogP contribution >= 0.6 is 0 Å². The van der Waals surface area contributed by atoms with Gasteiger partial charge < -0.3 is 18.8 Å². The molecule has 5 aromatic rings. The molecule has 8 nitrogen and oxygen atoms in total. The van der Waals surface area contributed by atoms with Crippen LogP contribution in [0.1, 0.15) is 54.4 Å². The second-order valence-electron chi connectivity index (χ2n) is 12.9. The third-order valence-electron chi connectivity index (χ3n) is 10.6. The maximum Gasteiger partial charge on any atom is 0.254 e. The summed E-state index contributed by atoms with van der Waals surface area (Å²) >= 11 is 0. The number of rotatable bonds is 2. The Morgan fingerprint density at radius 2 is 1.86 bits per heavy atom. The summed E-state index contributed by atoms with van der Waals surface area (Å²) < 4.78 is 12.8. The van der Waals surface area contributed by atoms with E-state index in [9.17, 15) is 4.79 Å². The van der Waals surface area contributed by atoms with Crippen molar-refractivity contribution >= 4 is 27.8 Å². The number of methoxy groups -OCH3 is 1. The molecule has 0 N–H and O–H groups in total. The van der Waals surface area contributed by atoms with Gasteiger partial charge in [-0.25, -0.2) is 4.98 Å². The van der Waals surface area contributed by atoms with Crippen LogP contribution in [0.5, 0.6) is 5.75 Å². The molecule has 2 aliphatic carbocycles. The van der Waals surface area contributed by atoms with Gasteiger partial charge in [-0.3, -0.25) is 9.48 Å². The van der Waals surface area contributed by atoms with Gasteiger partial charge in [0.05, 0.1) is 31.1 Å². The molecule has 0 spiro atoms. The molecule has 3 fully saturated rings. The van der Waals surface area contributed by atoms with Crippen LogP contribution in [-0.4, -0.2) is 54.4 Å². The van der Waals surface area contributed by atoms with Gasteiger partial charge in [-0.1, -0.05) is 31.0 Å². The molecule has 5 heterocycles. The molecule has 4 atom stereocenters. The number of benzene rings is 2. The minimum Gasteiger partial charge on any atom is -0.494 e. The van der Waals surface area contributed by atoms with Crippen molar-refractivity contribution in [2.24, 2.45) is 17.8 Å². The van der Waals surface area contributed by atoms with Gasteiger partial charge in [-0.15, -0.1) is 0 Å². The number of imidazole rings is 1. The van der Waals surface area contributed by atoms with Crippen LogP contribution in [0.15, 0.2) is 54.9 Å². The molecule has 2 saturated carbocycles. The lowest BCUT2D eigenvalue weighted by molar-refractivity contribution is -0.0204. The number of likely N-dealkylation sites (tertiary alicyclic amines) is 1. The van der Waals surface area contributed by atoms with E-state index in [1.54, 1.807) is 7.11 Å². The van der Waals surface area contributed by atoms with Crippen molar-refractivity contribution in [2.75, 3.05) is 13.7 Å². The Hall–Kier alpha value is -4.07. The molecular formula is C34H36N6O2. The zero-order chi connectivity index (χ0) is 27.9. The Kier molecular flexibility index (Phi) is 5.38. The molecule has 8 heteroatoms. The van der Waals surface area contributed by atoms with Gasteiger partial charge >= 0.3 is 0 Å². The summed E-state index contributed by atoms with van der Waals surface area (Å²) in [5, 5.41) is 5.89. The zero-order valence-corrected chi connectivity index (χ0v) is 24.1. The average Bonchev–Trinajstić information content (AvgIpc) is 3.70. The second-order valence-corrected chi connectivity index (χ2v) is 12.9. The molecule has 4 aliphatic rings. The number of carbonyl (C=O) groups is 1. The smallest absolute Gasteiger partial charge is 0.254 e. The van der Waals surface area contributed by atoms with Crippen molar-refractivity contribution < 1.29 is 9.53 Å². The van der Waals surface area contributed by atoms with Gasteiger partial charge in [0.15, 0.2) is 5.82 Å². The summed E-state index contributed by atoms with van der Waals surface area (Å²) in [5.41, 5.74) is 5.87. The van der Waals surface area contributed by atoms with E-state index in [-0.39, 0.29) is 5.91 Å². The van der Waals surface area contributed by atoms with Gasteiger partial charge in [0.1, 0.15) is 11.3 Å². The molecule has 42 heavy (non-hydrogen) atoms. The van der Waals surface area contributed by atoms with Crippen molar-refractivity contribution in [1.29, 1.82) is 0 Å². The fourth-order valence-corrected chi connectivity index (χ4v) is 8.55. The summed E-state index contributed by atoms with van der Waals surface area (Å²) in [5.74, 6) is 4.01. The van der Waals surface area contributed by atoms with E-state index < -0.39 is 0 Å². The first-order chi connectivity index (χ1) is 20.7. The summed E-state index contributed by atoms with van der Waals surface area (Å²) in [6.45, 7) is 3.39. The molecule has 2 aliphatic heterocycles. The van der Waals surface area contributed by atoms with Gasteiger partial charge in [0, 0.05) is 53.9 Å². The minimum atomic E-state index is 0.123. The maximum atomic E-state index is 13.9. The van der Waals surface area contributed by atoms with E-state index in [4.69, 9.17) is 9.72 Å². The first-order valence-corrected chi connectivity index (χ1v) is 15.7. The zero-order valence-electron chi connectivity index (χ0n) is 24.1. The Bertz CT molecular complexity index is 1860. The summed E-state index contributed by atoms with van der Waals surface area (Å²) in [6, 6.07) is 15.3. The Morgan fingerprint density at radius 3 is 2.71 bits per heavy atom. The van der Waals surface area contributed by atoms with Crippen molar-refractivity contribution in [3.63, 3.8) is 0 Å². The Balaban J connectivity index is 1.22. The second kappa shape index (κ2) is 9.21. The highest BCUT2D eigenvalue weighted by Gasteiger charge is 2.61. The Labute approximate surface area is 244 Å². The highest BCUT2D eigenvalue weighted by Crippen LogP contribution is 2.60. The highest BCUT2D eigenvalue weighted by molar-refractivity contribution is 6.00. The molecule has 1 saturated heterocycles. The summed E-state index contributed by atoms with van der Waals surface area (Å²) in [4.78, 5) is 21.4. The number of aryl methyl sites for hydroxylation is 2. The van der Waals surface area contributed by atoms with Crippen molar-refractivity contribution in [1.82, 2.24) is 28.8 Å². The van der Waals surface area contributed by atoms with Crippen LogP contribution in [0, 0.1) is 17.8 Å². The first kappa shape index (κ1) is 24.5. The van der Waals surface area contributed by atoms with Crippen LogP contribution in [0.2, 0.25) is 0 Å². The predicted molar refractivity (Wildman–Crippen MR) is 162 cm³/mol. The van der Waals surface area contributed by atoms with Crippen LogP contribution in [0.3, 0.4) is 0 Å². The number of hydrogen-bond donors (Lipinski definition) is 0. The lowest BCUT2D eigenvalue weighted by Gasteiger charge is -2.52. The number of carbonyl (C=O) groups excluding carboxylic acids is 1. The third-order valence-corrected chi connectivity index (χ3v) is 10.6. The molecule has 1 amide bonds. The number of hydrogen-bond acceptors (Lipinski definition) is 4. The first-order valence-electron chi connectivity index (χ1n) is 15.7. The lowest BCUT2D eigenvalue weighted by atomic mass is 9.53. The van der Waals surface area contributed by atoms with Gasteiger partial charge in [-0.2, -0.15) is 5.10 Å². The van der Waals surface area contributed by atoms with Crippen molar-refractivity contribution in [3.05, 3.63) is 66.0 Å². The summed E-state index contributed by atoms with van der Waals surface area (Å²) in [7, 11) is 1.70. The van der Waals surface area contributed by atoms with Crippen molar-refractivity contribution in [3.8, 4) is 17.3 Å². The van der Waals surface area contributed by atoms with E-state index in [0.29, 0.717) is 29.8 Å². The van der Waals surface area contributed by atoms with Crippen LogP contribution in [0.25, 0.3) is 33.5 Å². The van der Waals surface area contributed by atoms with E-state index in [1.165, 1.54) is 36.6 Å². The standard InChI is InChI=1S/C34H36N6O2/c1-42-30-16-24(34(41)39-20-25-12-23-15-28(39)31(23)25)13-26-32(30)40-19-21-17-35-37(18-21)10-6-2-3-7-11-38-27-9-5-4-8-22(27)14-29(38)33(40)36-26/h4-5,8-9,13-14,16-18,23,25,28,31H,2-3,6-7,10-12,15,19-20H2,1H3/t23?,25?,28?,31-/m1/s1. The Morgan fingerprint density at radius 1 is 0.976 bits per heavy atom. The van der Waals surface area contributed by atoms with Crippen LogP contribution in [-0.2, 0) is 19.6 Å². The fourth-order valence-electron chi connectivity index (χ4n) is 8.55. The van der Waals surface area contributed by atoms with Crippen LogP contribution < -0.4 is 4.74 Å². The van der Waals surface area contributed by atoms with Gasteiger partial charge in [0.2, 0.25) is 0 Å². The molecule has 2 bridgehead atoms. The molecule has 2 aromatic carbocycles. The number of ether oxygens (including phenoxy) is 1. The fraction of sp³-hybridized carbons (Fsp3) is 0.441. The number of aromatic nitrogens is 5. The third kappa shape index (κ3) is 3.56. The number of amides is 1. The average molecular weight is 561 g/mol. The molecule has 9 rings (SSSR count). The minimum absolute atomic E-state index is 0.123. The molecular weight excluding hydrogens is 524 g/mol. The van der Waals surface area contributed by atoms with Gasteiger partial charge in [-0.05, 0) is 67.7 Å². The van der Waals surface area contributed by atoms with E-state index >= 15 is 0 Å². The van der Waals surface area contributed by atoms with Crippen LogP contribution in [0.4, 0.5) is 0 Å². The number of para-hydroxylation sites is 1. The predicted octanol–water partition coefficient (Wildman–Crippen LogP) is 5.97. The quantitative estimate of drug-likeness (QED) is 0.267. The number of nitrogens with zero attached hydrogens (tertiary/aromatic N) is 6. The van der Waals surface area contributed by atoms with E-state index in [2.05, 4.69) is 60.3 Å². The van der Waals surface area contributed by atoms with Crippen molar-refractivity contribution in [2.45, 2.75) is 64.2 Å². The topological polar surface area (TPSA) is 70.1 Å². The molecule has 214 valence electrons. The van der Waals surface area contributed by atoms with Gasteiger partial charge in [0.25, 0.3) is 5.91 Å². The highest BCUT2D eigenvalue weighted by atomic mass is 16.5. The maximum absolute atomic E-state index is 13.9. The molecule has 3 unspecified atom stereocenters. The molecule has 0 radical (unpaired) electrons. The summed E-state index contributed by atoms with van der Waals surface area (Å²) in [6.07, 6.45) is 11.2. The SMILES string of the molecule is COc1cc(C(=O)N2CC3CC4CC2[C@H]43)cc2nc3n(c12)Cc1cnn(c1)CCCCCCn1c-3cc2ccccc21. The molecule has 3 aromatic heterocycles. The largest absolute Gasteiger partial charge is 0.494 e. The number of fused-ring (bicyclic) bond motifs is 9. The lowest BCUT2D eigenvalue weighted by Crippen LogP contribution is -2.53.